The van der Waals surface area contributed by atoms with Crippen molar-refractivity contribution in [3.05, 3.63) is 35.5 Å². The van der Waals surface area contributed by atoms with Gasteiger partial charge in [-0.25, -0.2) is 14.2 Å². The fourth-order valence-electron chi connectivity index (χ4n) is 3.38. The van der Waals surface area contributed by atoms with Crippen molar-refractivity contribution in [3.63, 3.8) is 0 Å². The van der Waals surface area contributed by atoms with Crippen LogP contribution in [0.2, 0.25) is 0 Å². The molecule has 1 aliphatic carbocycles. The largest absolute Gasteiger partial charge is 0.461 e. The number of nitrogens with one attached hydrogen (secondary N) is 1. The van der Waals surface area contributed by atoms with Gasteiger partial charge in [-0.1, -0.05) is 35.3 Å². The van der Waals surface area contributed by atoms with Crippen molar-refractivity contribution in [2.75, 3.05) is 25.5 Å². The van der Waals surface area contributed by atoms with E-state index in [1.165, 1.54) is 4.90 Å². The Morgan fingerprint density at radius 1 is 1.45 bits per heavy atom. The summed E-state index contributed by atoms with van der Waals surface area (Å²) < 4.78 is 18.3. The molecule has 33 heavy (non-hydrogen) atoms. The average molecular weight is 472 g/mol. The van der Waals surface area contributed by atoms with Crippen molar-refractivity contribution in [1.82, 2.24) is 9.88 Å². The van der Waals surface area contributed by atoms with Crippen molar-refractivity contribution in [2.24, 2.45) is 5.92 Å². The number of halogens is 1. The Balaban J connectivity index is 1.62. The molecule has 0 radical (unpaired) electrons. The Morgan fingerprint density at radius 3 is 2.85 bits per heavy atom. The zero-order valence-corrected chi connectivity index (χ0v) is 18.9. The molecule has 1 aliphatic heterocycles. The predicted octanol–water partition coefficient (Wildman–Crippen LogP) is 2.23. The number of thiazole rings is 1. The van der Waals surface area contributed by atoms with Gasteiger partial charge in [0.25, 0.3) is 5.91 Å². The number of hydrogen-bond donors (Lipinski definition) is 2. The molecule has 0 unspecified atom stereocenters. The van der Waals surface area contributed by atoms with Crippen LogP contribution in [0.15, 0.2) is 24.3 Å². The van der Waals surface area contributed by atoms with E-state index in [4.69, 9.17) is 4.74 Å². The molecule has 0 bridgehead atoms. The van der Waals surface area contributed by atoms with Gasteiger partial charge in [-0.2, -0.15) is 0 Å². The molecule has 2 aliphatic rings. The summed E-state index contributed by atoms with van der Waals surface area (Å²) >= 11 is 1.07. The van der Waals surface area contributed by atoms with Crippen molar-refractivity contribution in [3.8, 4) is 22.4 Å². The summed E-state index contributed by atoms with van der Waals surface area (Å²) in [4.78, 5) is 42.5. The lowest BCUT2D eigenvalue weighted by molar-refractivity contribution is -0.137. The zero-order valence-electron chi connectivity index (χ0n) is 18.1. The van der Waals surface area contributed by atoms with Gasteiger partial charge in [0.1, 0.15) is 16.2 Å². The van der Waals surface area contributed by atoms with Gasteiger partial charge < -0.3 is 20.1 Å². The number of likely N-dealkylation sites (N-methyl/N-ethyl adjacent to an activating group) is 1. The highest BCUT2D eigenvalue weighted by molar-refractivity contribution is 7.19. The van der Waals surface area contributed by atoms with Crippen molar-refractivity contribution < 1.29 is 28.6 Å². The van der Waals surface area contributed by atoms with Gasteiger partial charge in [0.15, 0.2) is 5.69 Å². The van der Waals surface area contributed by atoms with Crippen LogP contribution in [0, 0.1) is 17.8 Å². The number of nitrogens with zero attached hydrogens (tertiary/aromatic N) is 2. The molecule has 1 saturated heterocycles. The number of alkyl halides is 1. The molecule has 1 saturated carbocycles. The van der Waals surface area contributed by atoms with E-state index in [1.54, 1.807) is 38.2 Å². The summed E-state index contributed by atoms with van der Waals surface area (Å²) in [5.41, 5.74) is -0.599. The summed E-state index contributed by atoms with van der Waals surface area (Å²) in [6, 6.07) is 6.91. The third kappa shape index (κ3) is 4.74. The Morgan fingerprint density at radius 2 is 2.21 bits per heavy atom. The second-order valence-corrected chi connectivity index (χ2v) is 8.93. The van der Waals surface area contributed by atoms with Crippen LogP contribution < -0.4 is 5.32 Å². The highest BCUT2D eigenvalue weighted by Gasteiger charge is 2.44. The maximum absolute atomic E-state index is 13.3. The number of likely N-dealkylation sites (tertiary alicyclic amines) is 1. The lowest BCUT2D eigenvalue weighted by atomic mass is 10.0. The number of rotatable bonds is 5. The molecule has 4 rings (SSSR count). The first-order valence-corrected chi connectivity index (χ1v) is 11.3. The first kappa shape index (κ1) is 22.9. The zero-order chi connectivity index (χ0) is 23.8. The minimum atomic E-state index is -1.71. The van der Waals surface area contributed by atoms with Gasteiger partial charge in [-0.15, -0.1) is 0 Å². The summed E-state index contributed by atoms with van der Waals surface area (Å²) in [6.07, 6.45) is -0.772. The van der Waals surface area contributed by atoms with Crippen LogP contribution in [0.3, 0.4) is 0 Å². The number of amides is 2. The number of hydrogen-bond acceptors (Lipinski definition) is 7. The van der Waals surface area contributed by atoms with Crippen LogP contribution in [0.4, 0.5) is 9.39 Å². The quantitative estimate of drug-likeness (QED) is 0.511. The highest BCUT2D eigenvalue weighted by atomic mass is 32.1. The van der Waals surface area contributed by atoms with Gasteiger partial charge >= 0.3 is 5.97 Å². The van der Waals surface area contributed by atoms with E-state index in [0.29, 0.717) is 22.7 Å². The molecule has 2 amide bonds. The number of ether oxygens (including phenoxy) is 1. The first-order valence-electron chi connectivity index (χ1n) is 10.5. The van der Waals surface area contributed by atoms with Gasteiger partial charge in [0.2, 0.25) is 11.5 Å². The molecule has 10 heteroatoms. The van der Waals surface area contributed by atoms with Crippen molar-refractivity contribution >= 4 is 34.1 Å². The number of aliphatic hydroxyl groups is 1. The van der Waals surface area contributed by atoms with E-state index in [-0.39, 0.29) is 30.1 Å². The first-order chi connectivity index (χ1) is 15.7. The molecule has 0 spiro atoms. The summed E-state index contributed by atoms with van der Waals surface area (Å²) in [7, 11) is 1.61. The van der Waals surface area contributed by atoms with Crippen molar-refractivity contribution in [1.29, 1.82) is 0 Å². The molecule has 2 aromatic rings. The molecular formula is C23H22FN3O5S. The molecule has 3 atom stereocenters. The highest BCUT2D eigenvalue weighted by Crippen LogP contribution is 2.38. The fraction of sp³-hybridized carbons (Fsp3) is 0.391. The number of aromatic nitrogens is 1. The lowest BCUT2D eigenvalue weighted by Crippen LogP contribution is -2.37. The Hall–Kier alpha value is -3.29. The minimum Gasteiger partial charge on any atom is -0.461 e. The topological polar surface area (TPSA) is 109 Å². The third-order valence-corrected chi connectivity index (χ3v) is 6.43. The van der Waals surface area contributed by atoms with E-state index in [9.17, 15) is 23.9 Å². The van der Waals surface area contributed by atoms with Crippen LogP contribution in [-0.2, 0) is 14.3 Å². The number of carbonyl (C=O) groups excluding carboxylic acids is 3. The number of benzene rings is 1. The average Bonchev–Trinajstić information content (AvgIpc) is 3.30. The van der Waals surface area contributed by atoms with Crippen LogP contribution in [0.1, 0.15) is 35.8 Å². The summed E-state index contributed by atoms with van der Waals surface area (Å²) in [5.74, 6) is 3.17. The maximum atomic E-state index is 13.3. The van der Waals surface area contributed by atoms with E-state index in [2.05, 4.69) is 22.1 Å². The van der Waals surface area contributed by atoms with Crippen molar-refractivity contribution in [2.45, 2.75) is 31.5 Å². The monoisotopic (exact) mass is 471 g/mol. The second kappa shape index (κ2) is 8.92. The number of esters is 1. The molecule has 172 valence electrons. The normalized spacial score (nSPS) is 23.6. The molecule has 1 aromatic carbocycles. The molecule has 2 fully saturated rings. The molecule has 1 aromatic heterocycles. The molecule has 2 N–H and O–H groups in total. The van der Waals surface area contributed by atoms with Crippen LogP contribution in [-0.4, -0.2) is 64.7 Å². The molecular weight excluding hydrogens is 449 g/mol. The SMILES string of the molecule is CCOC(=O)c1nc(-c2cccc(C#C[C@]3(O)CCN(C)C3=O)c2)sc1NC(=O)[C@H]1C[C@H]1F. The standard InChI is InChI=1S/C23H22FN3O5S/c1-3-32-21(29)17-20(26-18(28)15-12-16(15)24)33-19(25-17)14-6-4-5-13(11-14)7-8-23(31)9-10-27(2)22(23)30/h4-6,11,15-16,31H,3,9-10,12H2,1-2H3,(H,26,28)/t15-,16+,23-/m0/s1. The Labute approximate surface area is 193 Å². The number of anilines is 1. The maximum Gasteiger partial charge on any atom is 0.360 e. The number of carbonyl (C=O) groups is 3. The minimum absolute atomic E-state index is 0.0494. The van der Waals surface area contributed by atoms with E-state index in [1.807, 2.05) is 0 Å². The van der Waals surface area contributed by atoms with Gasteiger partial charge in [-0.3, -0.25) is 9.59 Å². The molecule has 8 nitrogen and oxygen atoms in total. The van der Waals surface area contributed by atoms with Crippen LogP contribution in [0.25, 0.3) is 10.6 Å². The van der Waals surface area contributed by atoms with E-state index in [0.717, 1.165) is 11.3 Å². The van der Waals surface area contributed by atoms with Crippen LogP contribution >= 0.6 is 11.3 Å². The summed E-state index contributed by atoms with van der Waals surface area (Å²) in [6.45, 7) is 2.22. The lowest BCUT2D eigenvalue weighted by Gasteiger charge is -2.13. The Kier molecular flexibility index (Phi) is 6.19. The van der Waals surface area contributed by atoms with Crippen LogP contribution in [0.5, 0.6) is 0 Å². The van der Waals surface area contributed by atoms with Gasteiger partial charge in [0, 0.05) is 31.1 Å². The van der Waals surface area contributed by atoms with Gasteiger partial charge in [0.05, 0.1) is 12.5 Å². The summed E-state index contributed by atoms with van der Waals surface area (Å²) in [5, 5.41) is 13.7. The van der Waals surface area contributed by atoms with E-state index < -0.39 is 35.5 Å². The fourth-order valence-corrected chi connectivity index (χ4v) is 4.33. The van der Waals surface area contributed by atoms with Gasteiger partial charge in [-0.05, 0) is 25.5 Å². The molecule has 2 heterocycles. The smallest absolute Gasteiger partial charge is 0.360 e. The third-order valence-electron chi connectivity index (χ3n) is 5.41. The van der Waals surface area contributed by atoms with E-state index >= 15 is 0 Å². The second-order valence-electron chi connectivity index (χ2n) is 7.93. The predicted molar refractivity (Wildman–Crippen MR) is 119 cm³/mol. The Bertz CT molecular complexity index is 1190.